The summed E-state index contributed by atoms with van der Waals surface area (Å²) < 4.78 is 64.7. The standard InChI is InChI=1S/C16H23F3N2O3S/c1-11-6-7-12(2)21(11)10-14(22)9-20-25(23,24)15-5-3-4-13(8-15)16(17,18)19/h3-5,8,11-12,14,20,22H,6-7,9-10H2,1-2H3/t11?,12?,14-/m0/s1. The lowest BCUT2D eigenvalue weighted by Crippen LogP contribution is -2.43. The number of aliphatic hydroxyl groups is 1. The molecule has 0 radical (unpaired) electrons. The van der Waals surface area contributed by atoms with Crippen molar-refractivity contribution in [3.05, 3.63) is 29.8 Å². The number of benzene rings is 1. The van der Waals surface area contributed by atoms with Gasteiger partial charge in [-0.3, -0.25) is 4.90 Å². The first kappa shape index (κ1) is 20.2. The van der Waals surface area contributed by atoms with Gasteiger partial charge in [0.15, 0.2) is 0 Å². The predicted octanol–water partition coefficient (Wildman–Crippen LogP) is 2.22. The second-order valence-corrected chi connectivity index (χ2v) is 8.27. The van der Waals surface area contributed by atoms with E-state index in [1.54, 1.807) is 0 Å². The summed E-state index contributed by atoms with van der Waals surface area (Å²) in [7, 11) is -4.13. The van der Waals surface area contributed by atoms with Crippen LogP contribution in [0.2, 0.25) is 0 Å². The zero-order chi connectivity index (χ0) is 18.8. The Morgan fingerprint density at radius 3 is 2.44 bits per heavy atom. The highest BCUT2D eigenvalue weighted by atomic mass is 32.2. The third kappa shape index (κ3) is 5.16. The number of sulfonamides is 1. The van der Waals surface area contributed by atoms with E-state index in [9.17, 15) is 26.7 Å². The maximum atomic E-state index is 12.7. The lowest BCUT2D eigenvalue weighted by Gasteiger charge is -2.28. The molecule has 25 heavy (non-hydrogen) atoms. The molecule has 0 aromatic heterocycles. The first-order valence-corrected chi connectivity index (χ1v) is 9.60. The van der Waals surface area contributed by atoms with Crippen molar-refractivity contribution in [2.24, 2.45) is 0 Å². The average Bonchev–Trinajstić information content (AvgIpc) is 2.84. The van der Waals surface area contributed by atoms with Crippen LogP contribution >= 0.6 is 0 Å². The molecular formula is C16H23F3N2O3S. The molecule has 0 aliphatic carbocycles. The van der Waals surface area contributed by atoms with E-state index in [1.165, 1.54) is 0 Å². The van der Waals surface area contributed by atoms with E-state index in [0.29, 0.717) is 24.7 Å². The number of nitrogens with one attached hydrogen (secondary N) is 1. The quantitative estimate of drug-likeness (QED) is 0.794. The molecule has 0 spiro atoms. The van der Waals surface area contributed by atoms with E-state index in [2.05, 4.69) is 9.62 Å². The summed E-state index contributed by atoms with van der Waals surface area (Å²) in [5.74, 6) is 0. The molecule has 0 saturated carbocycles. The molecule has 5 nitrogen and oxygen atoms in total. The van der Waals surface area contributed by atoms with Gasteiger partial charge < -0.3 is 5.11 Å². The fourth-order valence-electron chi connectivity index (χ4n) is 3.05. The predicted molar refractivity (Wildman–Crippen MR) is 87.5 cm³/mol. The van der Waals surface area contributed by atoms with Gasteiger partial charge in [0.05, 0.1) is 16.6 Å². The van der Waals surface area contributed by atoms with Crippen molar-refractivity contribution >= 4 is 10.0 Å². The van der Waals surface area contributed by atoms with E-state index in [4.69, 9.17) is 0 Å². The van der Waals surface area contributed by atoms with E-state index in [1.807, 2.05) is 13.8 Å². The highest BCUT2D eigenvalue weighted by molar-refractivity contribution is 7.89. The van der Waals surface area contributed by atoms with Gasteiger partial charge in [-0.05, 0) is 44.9 Å². The van der Waals surface area contributed by atoms with Crippen LogP contribution in [0.4, 0.5) is 13.2 Å². The number of halogens is 3. The van der Waals surface area contributed by atoms with Gasteiger partial charge in [0.1, 0.15) is 0 Å². The Morgan fingerprint density at radius 1 is 1.28 bits per heavy atom. The Hall–Kier alpha value is -1.16. The summed E-state index contributed by atoms with van der Waals surface area (Å²) in [6, 6.07) is 4.15. The Balaban J connectivity index is 1.99. The molecule has 1 aromatic rings. The van der Waals surface area contributed by atoms with Crippen LogP contribution in [0.25, 0.3) is 0 Å². The minimum absolute atomic E-state index is 0.255. The van der Waals surface area contributed by atoms with Crippen molar-refractivity contribution in [3.63, 3.8) is 0 Å². The van der Waals surface area contributed by atoms with Crippen LogP contribution in [0, 0.1) is 0 Å². The summed E-state index contributed by atoms with van der Waals surface area (Å²) in [6.07, 6.45) is -3.52. The minimum Gasteiger partial charge on any atom is -0.390 e. The lowest BCUT2D eigenvalue weighted by molar-refractivity contribution is -0.137. The van der Waals surface area contributed by atoms with E-state index < -0.39 is 32.8 Å². The first-order chi connectivity index (χ1) is 11.5. The number of nitrogens with zero attached hydrogens (tertiary/aromatic N) is 1. The highest BCUT2D eigenvalue weighted by Gasteiger charge is 2.32. The Labute approximate surface area is 145 Å². The molecule has 2 rings (SSSR count). The molecule has 9 heteroatoms. The third-order valence-corrected chi connectivity index (χ3v) is 5.96. The van der Waals surface area contributed by atoms with Crippen LogP contribution in [0.3, 0.4) is 0 Å². The summed E-state index contributed by atoms with van der Waals surface area (Å²) in [4.78, 5) is 1.63. The van der Waals surface area contributed by atoms with Gasteiger partial charge in [0.2, 0.25) is 10.0 Å². The second-order valence-electron chi connectivity index (χ2n) is 6.50. The number of likely N-dealkylation sites (tertiary alicyclic amines) is 1. The van der Waals surface area contributed by atoms with Crippen LogP contribution in [-0.2, 0) is 16.2 Å². The molecule has 1 aromatic carbocycles. The average molecular weight is 380 g/mol. The fraction of sp³-hybridized carbons (Fsp3) is 0.625. The van der Waals surface area contributed by atoms with Gasteiger partial charge in [-0.1, -0.05) is 6.07 Å². The zero-order valence-electron chi connectivity index (χ0n) is 14.1. The van der Waals surface area contributed by atoms with Gasteiger partial charge in [-0.2, -0.15) is 13.2 Å². The topological polar surface area (TPSA) is 69.6 Å². The first-order valence-electron chi connectivity index (χ1n) is 8.11. The van der Waals surface area contributed by atoms with Crippen molar-refractivity contribution in [1.82, 2.24) is 9.62 Å². The minimum atomic E-state index is -4.62. The number of alkyl halides is 3. The van der Waals surface area contributed by atoms with Crippen molar-refractivity contribution in [3.8, 4) is 0 Å². The molecule has 1 saturated heterocycles. The Morgan fingerprint density at radius 2 is 1.88 bits per heavy atom. The summed E-state index contributed by atoms with van der Waals surface area (Å²) >= 11 is 0. The third-order valence-electron chi connectivity index (χ3n) is 4.54. The van der Waals surface area contributed by atoms with Crippen LogP contribution in [0.15, 0.2) is 29.2 Å². The summed E-state index contributed by atoms with van der Waals surface area (Å²) in [5, 5.41) is 10.1. The molecule has 1 heterocycles. The lowest BCUT2D eigenvalue weighted by atomic mass is 10.2. The van der Waals surface area contributed by atoms with Crippen molar-refractivity contribution in [2.75, 3.05) is 13.1 Å². The Bertz CT molecular complexity index is 684. The molecule has 2 unspecified atom stereocenters. The maximum absolute atomic E-state index is 12.7. The molecular weight excluding hydrogens is 357 g/mol. The zero-order valence-corrected chi connectivity index (χ0v) is 14.9. The monoisotopic (exact) mass is 380 g/mol. The highest BCUT2D eigenvalue weighted by Crippen LogP contribution is 2.30. The molecule has 0 bridgehead atoms. The number of β-amino-alcohol motifs (C(OH)–C–C–N with tert-alkyl or cyclic N) is 1. The van der Waals surface area contributed by atoms with Crippen LogP contribution in [0.5, 0.6) is 0 Å². The van der Waals surface area contributed by atoms with E-state index >= 15 is 0 Å². The van der Waals surface area contributed by atoms with Crippen molar-refractivity contribution in [1.29, 1.82) is 0 Å². The molecule has 3 atom stereocenters. The number of rotatable bonds is 6. The van der Waals surface area contributed by atoms with Gasteiger partial charge in [-0.25, -0.2) is 13.1 Å². The summed E-state index contributed by atoms with van der Waals surface area (Å²) in [6.45, 7) is 4.15. The number of aliphatic hydroxyl groups excluding tert-OH is 1. The SMILES string of the molecule is CC1CCC(C)N1C[C@@H](O)CNS(=O)(=O)c1cccc(C(F)(F)F)c1. The second kappa shape index (κ2) is 7.61. The van der Waals surface area contributed by atoms with Crippen molar-refractivity contribution < 1.29 is 26.7 Å². The van der Waals surface area contributed by atoms with E-state index in [-0.39, 0.29) is 6.54 Å². The van der Waals surface area contributed by atoms with Gasteiger partial charge >= 0.3 is 6.18 Å². The van der Waals surface area contributed by atoms with Gasteiger partial charge in [-0.15, -0.1) is 0 Å². The van der Waals surface area contributed by atoms with Crippen molar-refractivity contribution in [2.45, 2.75) is 55.9 Å². The van der Waals surface area contributed by atoms with Gasteiger partial charge in [0.25, 0.3) is 0 Å². The normalized spacial score (nSPS) is 23.8. The van der Waals surface area contributed by atoms with Crippen LogP contribution in [-0.4, -0.2) is 49.7 Å². The smallest absolute Gasteiger partial charge is 0.390 e. The molecule has 0 amide bonds. The van der Waals surface area contributed by atoms with Crippen LogP contribution < -0.4 is 4.72 Å². The summed E-state index contributed by atoms with van der Waals surface area (Å²) in [5.41, 5.74) is -1.03. The van der Waals surface area contributed by atoms with E-state index in [0.717, 1.165) is 31.0 Å². The van der Waals surface area contributed by atoms with Gasteiger partial charge in [0, 0.05) is 25.2 Å². The Kier molecular flexibility index (Phi) is 6.13. The largest absolute Gasteiger partial charge is 0.416 e. The number of hydrogen-bond donors (Lipinski definition) is 2. The molecule has 1 aliphatic heterocycles. The molecule has 1 aliphatic rings. The van der Waals surface area contributed by atoms with Crippen LogP contribution in [0.1, 0.15) is 32.3 Å². The fourth-order valence-corrected chi connectivity index (χ4v) is 4.16. The molecule has 142 valence electrons. The number of hydrogen-bond acceptors (Lipinski definition) is 4. The molecule has 2 N–H and O–H groups in total. The molecule has 1 fully saturated rings. The maximum Gasteiger partial charge on any atom is 0.416 e.